The topological polar surface area (TPSA) is 55.1 Å². The maximum atomic E-state index is 11.8. The zero-order valence-electron chi connectivity index (χ0n) is 8.34. The minimum atomic E-state index is -4.38. The summed E-state index contributed by atoms with van der Waals surface area (Å²) in [4.78, 5) is 11.1. The van der Waals surface area contributed by atoms with Crippen molar-refractivity contribution in [2.75, 3.05) is 12.3 Å². The van der Waals surface area contributed by atoms with E-state index in [0.717, 1.165) is 0 Å². The number of halogens is 3. The molecule has 1 aromatic rings. The van der Waals surface area contributed by atoms with Gasteiger partial charge in [-0.25, -0.2) is 0 Å². The number of anilines is 1. The van der Waals surface area contributed by atoms with Crippen molar-refractivity contribution in [3.63, 3.8) is 0 Å². The molecule has 0 radical (unpaired) electrons. The Balaban J connectivity index is 2.43. The van der Waals surface area contributed by atoms with Gasteiger partial charge in [0.1, 0.15) is 6.54 Å². The third kappa shape index (κ3) is 4.68. The molecule has 0 atom stereocenters. The van der Waals surface area contributed by atoms with Gasteiger partial charge >= 0.3 is 6.18 Å². The lowest BCUT2D eigenvalue weighted by atomic mass is 10.1. The van der Waals surface area contributed by atoms with Crippen molar-refractivity contribution in [1.82, 2.24) is 5.32 Å². The fraction of sp³-hybridized carbons (Fsp3) is 0.300. The number of carbonyl (C=O) groups excluding carboxylic acids is 1. The third-order valence-electron chi connectivity index (χ3n) is 1.83. The van der Waals surface area contributed by atoms with Crippen LogP contribution in [-0.4, -0.2) is 18.6 Å². The zero-order valence-corrected chi connectivity index (χ0v) is 8.34. The van der Waals surface area contributed by atoms with Crippen molar-refractivity contribution in [2.24, 2.45) is 0 Å². The van der Waals surface area contributed by atoms with Gasteiger partial charge in [0.25, 0.3) is 0 Å². The Morgan fingerprint density at radius 2 is 1.81 bits per heavy atom. The summed E-state index contributed by atoms with van der Waals surface area (Å²) >= 11 is 0. The number of carbonyl (C=O) groups is 1. The Kier molecular flexibility index (Phi) is 3.76. The van der Waals surface area contributed by atoms with Crippen molar-refractivity contribution < 1.29 is 18.0 Å². The predicted octanol–water partition coefficient (Wildman–Crippen LogP) is 1.49. The van der Waals surface area contributed by atoms with Gasteiger partial charge in [0, 0.05) is 5.69 Å². The van der Waals surface area contributed by atoms with Crippen molar-refractivity contribution >= 4 is 11.6 Å². The summed E-state index contributed by atoms with van der Waals surface area (Å²) < 4.78 is 35.3. The van der Waals surface area contributed by atoms with Crippen LogP contribution >= 0.6 is 0 Å². The molecule has 0 spiro atoms. The van der Waals surface area contributed by atoms with Crippen LogP contribution in [0.5, 0.6) is 0 Å². The van der Waals surface area contributed by atoms with Gasteiger partial charge in [0.2, 0.25) is 5.91 Å². The molecule has 0 unspecified atom stereocenters. The van der Waals surface area contributed by atoms with Crippen LogP contribution in [0.1, 0.15) is 5.56 Å². The van der Waals surface area contributed by atoms with Gasteiger partial charge in [-0.05, 0) is 17.7 Å². The molecule has 88 valence electrons. The Hall–Kier alpha value is -1.72. The monoisotopic (exact) mass is 232 g/mol. The van der Waals surface area contributed by atoms with Crippen molar-refractivity contribution in [3.8, 4) is 0 Å². The van der Waals surface area contributed by atoms with E-state index in [0.29, 0.717) is 11.3 Å². The van der Waals surface area contributed by atoms with Crippen LogP contribution in [0, 0.1) is 0 Å². The first kappa shape index (κ1) is 12.4. The van der Waals surface area contributed by atoms with Crippen LogP contribution in [0.4, 0.5) is 18.9 Å². The number of nitrogens with one attached hydrogen (secondary N) is 1. The SMILES string of the molecule is Nc1ccc(CC(=O)NCC(F)(F)F)cc1. The molecule has 1 amide bonds. The third-order valence-corrected chi connectivity index (χ3v) is 1.83. The van der Waals surface area contributed by atoms with E-state index in [1.165, 1.54) is 0 Å². The van der Waals surface area contributed by atoms with Gasteiger partial charge in [-0.1, -0.05) is 12.1 Å². The minimum absolute atomic E-state index is 0.0869. The molecule has 0 aliphatic heterocycles. The summed E-state index contributed by atoms with van der Waals surface area (Å²) in [6.07, 6.45) is -4.47. The van der Waals surface area contributed by atoms with Crippen molar-refractivity contribution in [2.45, 2.75) is 12.6 Å². The highest BCUT2D eigenvalue weighted by molar-refractivity contribution is 5.78. The first-order chi connectivity index (χ1) is 7.37. The van der Waals surface area contributed by atoms with E-state index in [1.807, 2.05) is 0 Å². The first-order valence-corrected chi connectivity index (χ1v) is 4.55. The summed E-state index contributed by atoms with van der Waals surface area (Å²) in [6, 6.07) is 6.38. The maximum Gasteiger partial charge on any atom is 0.405 e. The van der Waals surface area contributed by atoms with Crippen LogP contribution in [-0.2, 0) is 11.2 Å². The van der Waals surface area contributed by atoms with E-state index in [1.54, 1.807) is 29.6 Å². The number of benzene rings is 1. The smallest absolute Gasteiger partial charge is 0.399 e. The van der Waals surface area contributed by atoms with Gasteiger partial charge in [-0.15, -0.1) is 0 Å². The Labute approximate surface area is 90.4 Å². The second-order valence-corrected chi connectivity index (χ2v) is 3.31. The summed E-state index contributed by atoms with van der Waals surface area (Å²) in [6.45, 7) is -1.30. The summed E-state index contributed by atoms with van der Waals surface area (Å²) in [7, 11) is 0. The molecular formula is C10H11F3N2O. The first-order valence-electron chi connectivity index (χ1n) is 4.55. The average Bonchev–Trinajstić information content (AvgIpc) is 2.18. The molecule has 3 nitrogen and oxygen atoms in total. The second kappa shape index (κ2) is 4.87. The fourth-order valence-electron chi connectivity index (χ4n) is 1.08. The van der Waals surface area contributed by atoms with Crippen molar-refractivity contribution in [3.05, 3.63) is 29.8 Å². The molecule has 0 bridgehead atoms. The van der Waals surface area contributed by atoms with Gasteiger partial charge in [0.15, 0.2) is 0 Å². The normalized spacial score (nSPS) is 11.2. The van der Waals surface area contributed by atoms with Gasteiger partial charge in [-0.3, -0.25) is 4.79 Å². The van der Waals surface area contributed by atoms with Crippen LogP contribution in [0.25, 0.3) is 0 Å². The Morgan fingerprint density at radius 3 is 2.31 bits per heavy atom. The molecule has 0 fully saturated rings. The standard InChI is InChI=1S/C10H11F3N2O/c11-10(12,13)6-15-9(16)5-7-1-3-8(14)4-2-7/h1-4H,5-6,14H2,(H,15,16). The van der Waals surface area contributed by atoms with Crippen molar-refractivity contribution in [1.29, 1.82) is 0 Å². The molecule has 1 rings (SSSR count). The number of nitrogen functional groups attached to an aromatic ring is 1. The van der Waals surface area contributed by atoms with Gasteiger partial charge in [0.05, 0.1) is 6.42 Å². The Bertz CT molecular complexity index is 359. The van der Waals surface area contributed by atoms with Crippen LogP contribution < -0.4 is 11.1 Å². The molecule has 16 heavy (non-hydrogen) atoms. The molecule has 0 saturated carbocycles. The molecule has 0 aliphatic rings. The average molecular weight is 232 g/mol. The highest BCUT2D eigenvalue weighted by Gasteiger charge is 2.27. The van der Waals surface area contributed by atoms with Gasteiger partial charge in [-0.2, -0.15) is 13.2 Å². The summed E-state index contributed by atoms with van der Waals surface area (Å²) in [5.74, 6) is -0.665. The minimum Gasteiger partial charge on any atom is -0.399 e. The van der Waals surface area contributed by atoms with E-state index in [-0.39, 0.29) is 6.42 Å². The van der Waals surface area contributed by atoms with E-state index in [4.69, 9.17) is 5.73 Å². The summed E-state index contributed by atoms with van der Waals surface area (Å²) in [5.41, 5.74) is 6.58. The largest absolute Gasteiger partial charge is 0.405 e. The van der Waals surface area contributed by atoms with Crippen LogP contribution in [0.3, 0.4) is 0 Å². The predicted molar refractivity (Wildman–Crippen MR) is 53.6 cm³/mol. The number of nitrogens with two attached hydrogens (primary N) is 1. The number of amides is 1. The molecule has 1 aromatic carbocycles. The summed E-state index contributed by atoms with van der Waals surface area (Å²) in [5, 5.41) is 1.79. The van der Waals surface area contributed by atoms with Crippen LogP contribution in [0.15, 0.2) is 24.3 Å². The molecule has 6 heteroatoms. The lowest BCUT2D eigenvalue weighted by Crippen LogP contribution is -2.34. The lowest BCUT2D eigenvalue weighted by Gasteiger charge is -2.08. The molecule has 0 heterocycles. The molecular weight excluding hydrogens is 221 g/mol. The van der Waals surface area contributed by atoms with E-state index in [9.17, 15) is 18.0 Å². The fourth-order valence-corrected chi connectivity index (χ4v) is 1.08. The zero-order chi connectivity index (χ0) is 12.2. The highest BCUT2D eigenvalue weighted by Crippen LogP contribution is 2.12. The number of hydrogen-bond acceptors (Lipinski definition) is 2. The molecule has 0 aliphatic carbocycles. The van der Waals surface area contributed by atoms with E-state index < -0.39 is 18.6 Å². The number of rotatable bonds is 3. The number of hydrogen-bond donors (Lipinski definition) is 2. The quantitative estimate of drug-likeness (QED) is 0.776. The number of alkyl halides is 3. The van der Waals surface area contributed by atoms with E-state index in [2.05, 4.69) is 0 Å². The maximum absolute atomic E-state index is 11.8. The molecule has 0 saturated heterocycles. The van der Waals surface area contributed by atoms with Crippen LogP contribution in [0.2, 0.25) is 0 Å². The van der Waals surface area contributed by atoms with Gasteiger partial charge < -0.3 is 11.1 Å². The lowest BCUT2D eigenvalue weighted by molar-refractivity contribution is -0.138. The molecule has 3 N–H and O–H groups in total. The second-order valence-electron chi connectivity index (χ2n) is 3.31. The van der Waals surface area contributed by atoms with E-state index >= 15 is 0 Å². The highest BCUT2D eigenvalue weighted by atomic mass is 19.4. The molecule has 0 aromatic heterocycles. The Morgan fingerprint density at radius 1 is 1.25 bits per heavy atom.